The van der Waals surface area contributed by atoms with Crippen molar-refractivity contribution >= 4 is 11.4 Å². The predicted molar refractivity (Wildman–Crippen MR) is 91.1 cm³/mol. The number of fused-ring (bicyclic) bond motifs is 1. The summed E-state index contributed by atoms with van der Waals surface area (Å²) in [6.45, 7) is 8.73. The van der Waals surface area contributed by atoms with Crippen molar-refractivity contribution in [3.05, 3.63) is 59.7 Å². The molecule has 2 nitrogen and oxygen atoms in total. The van der Waals surface area contributed by atoms with Crippen LogP contribution in [0.2, 0.25) is 0 Å². The number of nitrogens with one attached hydrogen (secondary N) is 1. The highest BCUT2D eigenvalue weighted by Gasteiger charge is 2.22. The molecule has 2 heteroatoms. The molecule has 1 N–H and O–H groups in total. The van der Waals surface area contributed by atoms with Gasteiger partial charge < -0.3 is 10.2 Å². The maximum atomic E-state index is 3.51. The molecular formula is C19H24N2. The summed E-state index contributed by atoms with van der Waals surface area (Å²) in [5.74, 6) is 0.595. The Hall–Kier alpha value is -1.96. The van der Waals surface area contributed by atoms with Crippen LogP contribution < -0.4 is 10.2 Å². The Kier molecular flexibility index (Phi) is 3.87. The molecule has 0 aromatic heterocycles. The summed E-state index contributed by atoms with van der Waals surface area (Å²) < 4.78 is 0. The van der Waals surface area contributed by atoms with Crippen LogP contribution in [0.3, 0.4) is 0 Å². The first-order chi connectivity index (χ1) is 10.1. The summed E-state index contributed by atoms with van der Waals surface area (Å²) in [5.41, 5.74) is 5.34. The van der Waals surface area contributed by atoms with Gasteiger partial charge in [-0.25, -0.2) is 0 Å². The van der Waals surface area contributed by atoms with E-state index in [-0.39, 0.29) is 0 Å². The normalized spacial score (nSPS) is 17.5. The molecule has 0 amide bonds. The van der Waals surface area contributed by atoms with Crippen molar-refractivity contribution in [3.63, 3.8) is 0 Å². The van der Waals surface area contributed by atoms with E-state index in [1.54, 1.807) is 0 Å². The average molecular weight is 280 g/mol. The van der Waals surface area contributed by atoms with E-state index in [2.05, 4.69) is 79.5 Å². The van der Waals surface area contributed by atoms with Crippen molar-refractivity contribution in [1.29, 1.82) is 0 Å². The molecule has 1 unspecified atom stereocenters. The Balaban J connectivity index is 1.83. The molecule has 0 spiro atoms. The SMILES string of the molecule is CC(C)c1ccc(CN2c3ccccc3NCC2C)cc1. The van der Waals surface area contributed by atoms with Gasteiger partial charge in [-0.15, -0.1) is 0 Å². The van der Waals surface area contributed by atoms with E-state index in [4.69, 9.17) is 0 Å². The Morgan fingerprint density at radius 1 is 1.10 bits per heavy atom. The van der Waals surface area contributed by atoms with Gasteiger partial charge in [0.15, 0.2) is 0 Å². The minimum Gasteiger partial charge on any atom is -0.381 e. The Morgan fingerprint density at radius 3 is 2.52 bits per heavy atom. The fourth-order valence-corrected chi connectivity index (χ4v) is 2.92. The molecule has 0 saturated heterocycles. The van der Waals surface area contributed by atoms with Gasteiger partial charge in [-0.1, -0.05) is 50.2 Å². The van der Waals surface area contributed by atoms with Crippen LogP contribution in [0.1, 0.15) is 37.8 Å². The zero-order chi connectivity index (χ0) is 14.8. The van der Waals surface area contributed by atoms with Crippen LogP contribution in [0.5, 0.6) is 0 Å². The van der Waals surface area contributed by atoms with E-state index in [1.807, 2.05) is 0 Å². The third-order valence-electron chi connectivity index (χ3n) is 4.33. The highest BCUT2D eigenvalue weighted by atomic mass is 15.2. The number of rotatable bonds is 3. The molecule has 110 valence electrons. The standard InChI is InChI=1S/C19H24N2/c1-14(2)17-10-8-16(9-11-17)13-21-15(3)12-20-18-6-4-5-7-19(18)21/h4-11,14-15,20H,12-13H2,1-3H3. The molecule has 2 aromatic rings. The molecule has 0 radical (unpaired) electrons. The maximum Gasteiger partial charge on any atom is 0.0608 e. The molecule has 1 atom stereocenters. The fraction of sp³-hybridized carbons (Fsp3) is 0.368. The topological polar surface area (TPSA) is 15.3 Å². The number of hydrogen-bond donors (Lipinski definition) is 1. The average Bonchev–Trinajstić information content (AvgIpc) is 2.51. The Labute approximate surface area is 127 Å². The van der Waals surface area contributed by atoms with Gasteiger partial charge >= 0.3 is 0 Å². The first-order valence-corrected chi connectivity index (χ1v) is 7.83. The van der Waals surface area contributed by atoms with Gasteiger partial charge in [0.25, 0.3) is 0 Å². The summed E-state index contributed by atoms with van der Waals surface area (Å²) >= 11 is 0. The van der Waals surface area contributed by atoms with Crippen LogP contribution >= 0.6 is 0 Å². The molecule has 3 rings (SSSR count). The van der Waals surface area contributed by atoms with Gasteiger partial charge in [-0.2, -0.15) is 0 Å². The fourth-order valence-electron chi connectivity index (χ4n) is 2.92. The zero-order valence-electron chi connectivity index (χ0n) is 13.1. The van der Waals surface area contributed by atoms with Crippen molar-refractivity contribution in [2.75, 3.05) is 16.8 Å². The van der Waals surface area contributed by atoms with Crippen LogP contribution in [0.25, 0.3) is 0 Å². The van der Waals surface area contributed by atoms with Crippen LogP contribution in [0.4, 0.5) is 11.4 Å². The maximum absolute atomic E-state index is 3.51. The van der Waals surface area contributed by atoms with E-state index >= 15 is 0 Å². The highest BCUT2D eigenvalue weighted by Crippen LogP contribution is 2.32. The van der Waals surface area contributed by atoms with Crippen LogP contribution in [-0.2, 0) is 6.54 Å². The molecule has 1 aliphatic heterocycles. The van der Waals surface area contributed by atoms with E-state index in [1.165, 1.54) is 22.5 Å². The van der Waals surface area contributed by atoms with Crippen molar-refractivity contribution < 1.29 is 0 Å². The molecule has 2 aromatic carbocycles. The van der Waals surface area contributed by atoms with Gasteiger partial charge in [0.1, 0.15) is 0 Å². The smallest absolute Gasteiger partial charge is 0.0608 e. The predicted octanol–water partition coefficient (Wildman–Crippen LogP) is 4.63. The molecule has 21 heavy (non-hydrogen) atoms. The molecule has 0 bridgehead atoms. The first kappa shape index (κ1) is 14.0. The Bertz CT molecular complexity index is 601. The van der Waals surface area contributed by atoms with E-state index in [0.717, 1.165) is 13.1 Å². The lowest BCUT2D eigenvalue weighted by atomic mass is 10.0. The molecule has 1 aliphatic rings. The lowest BCUT2D eigenvalue weighted by Gasteiger charge is -2.37. The van der Waals surface area contributed by atoms with Gasteiger partial charge in [0.2, 0.25) is 0 Å². The Morgan fingerprint density at radius 2 is 1.81 bits per heavy atom. The van der Waals surface area contributed by atoms with Crippen molar-refractivity contribution in [2.24, 2.45) is 0 Å². The molecule has 0 aliphatic carbocycles. The van der Waals surface area contributed by atoms with Gasteiger partial charge in [-0.3, -0.25) is 0 Å². The van der Waals surface area contributed by atoms with Crippen molar-refractivity contribution in [1.82, 2.24) is 0 Å². The number of nitrogens with zero attached hydrogens (tertiary/aromatic N) is 1. The second-order valence-electron chi connectivity index (χ2n) is 6.27. The number of hydrogen-bond acceptors (Lipinski definition) is 2. The second kappa shape index (κ2) is 5.80. The quantitative estimate of drug-likeness (QED) is 0.881. The number of para-hydroxylation sites is 2. The van der Waals surface area contributed by atoms with Crippen LogP contribution in [-0.4, -0.2) is 12.6 Å². The van der Waals surface area contributed by atoms with Gasteiger partial charge in [0, 0.05) is 19.1 Å². The minimum absolute atomic E-state index is 0.504. The summed E-state index contributed by atoms with van der Waals surface area (Å²) in [6, 6.07) is 18.2. The van der Waals surface area contributed by atoms with Crippen molar-refractivity contribution in [2.45, 2.75) is 39.3 Å². The van der Waals surface area contributed by atoms with E-state index in [0.29, 0.717) is 12.0 Å². The summed E-state index contributed by atoms with van der Waals surface area (Å²) in [4.78, 5) is 2.50. The lowest BCUT2D eigenvalue weighted by molar-refractivity contribution is 0.641. The van der Waals surface area contributed by atoms with Crippen LogP contribution in [0.15, 0.2) is 48.5 Å². The summed E-state index contributed by atoms with van der Waals surface area (Å²) in [7, 11) is 0. The van der Waals surface area contributed by atoms with E-state index < -0.39 is 0 Å². The molecule has 0 saturated carbocycles. The lowest BCUT2D eigenvalue weighted by Crippen LogP contribution is -2.41. The monoisotopic (exact) mass is 280 g/mol. The third-order valence-corrected chi connectivity index (χ3v) is 4.33. The summed E-state index contributed by atoms with van der Waals surface area (Å²) in [6.07, 6.45) is 0. The molecule has 0 fully saturated rings. The zero-order valence-corrected chi connectivity index (χ0v) is 13.1. The third kappa shape index (κ3) is 2.90. The van der Waals surface area contributed by atoms with Crippen LogP contribution in [0, 0.1) is 0 Å². The molecule has 1 heterocycles. The van der Waals surface area contributed by atoms with Gasteiger partial charge in [-0.05, 0) is 36.1 Å². The minimum atomic E-state index is 0.504. The first-order valence-electron chi connectivity index (χ1n) is 7.83. The number of anilines is 2. The summed E-state index contributed by atoms with van der Waals surface area (Å²) in [5, 5.41) is 3.51. The number of benzene rings is 2. The highest BCUT2D eigenvalue weighted by molar-refractivity contribution is 5.72. The second-order valence-corrected chi connectivity index (χ2v) is 6.27. The van der Waals surface area contributed by atoms with Gasteiger partial charge in [0.05, 0.1) is 11.4 Å². The van der Waals surface area contributed by atoms with E-state index in [9.17, 15) is 0 Å². The largest absolute Gasteiger partial charge is 0.381 e. The molecular weight excluding hydrogens is 256 g/mol. The van der Waals surface area contributed by atoms with Crippen molar-refractivity contribution in [3.8, 4) is 0 Å².